The average molecular weight is 372 g/mol. The van der Waals surface area contributed by atoms with Gasteiger partial charge in [-0.05, 0) is 24.3 Å². The Morgan fingerprint density at radius 2 is 1.96 bits per heavy atom. The highest BCUT2D eigenvalue weighted by Gasteiger charge is 2.22. The predicted molar refractivity (Wildman–Crippen MR) is 98.4 cm³/mol. The van der Waals surface area contributed by atoms with Gasteiger partial charge in [-0.25, -0.2) is 0 Å². The van der Waals surface area contributed by atoms with Crippen LogP contribution in [0.25, 0.3) is 6.08 Å². The van der Waals surface area contributed by atoms with Crippen LogP contribution in [-0.2, 0) is 4.79 Å². The van der Waals surface area contributed by atoms with Crippen molar-refractivity contribution >= 4 is 29.4 Å². The summed E-state index contributed by atoms with van der Waals surface area (Å²) in [6.07, 6.45) is 2.68. The van der Waals surface area contributed by atoms with E-state index < -0.39 is 4.92 Å². The topological polar surface area (TPSA) is 90.7 Å². The summed E-state index contributed by atoms with van der Waals surface area (Å²) in [4.78, 5) is 23.7. The molecule has 0 spiro atoms. The highest BCUT2D eigenvalue weighted by Crippen LogP contribution is 2.38. The van der Waals surface area contributed by atoms with Gasteiger partial charge in [0, 0.05) is 23.3 Å². The number of ether oxygens (including phenoxy) is 2. The molecule has 8 heteroatoms. The summed E-state index contributed by atoms with van der Waals surface area (Å²) in [6.45, 7) is 0.519. The Balaban J connectivity index is 1.55. The summed E-state index contributed by atoms with van der Waals surface area (Å²) in [5, 5.41) is 13.9. The molecule has 0 atom stereocenters. The molecule has 134 valence electrons. The second kappa shape index (κ2) is 8.39. The fraction of sp³-hybridized carbons (Fsp3) is 0.167. The molecule has 0 aromatic heterocycles. The minimum Gasteiger partial charge on any atom is -0.454 e. The van der Waals surface area contributed by atoms with E-state index in [-0.39, 0.29) is 24.0 Å². The van der Waals surface area contributed by atoms with E-state index in [0.717, 1.165) is 10.6 Å². The minimum atomic E-state index is -0.518. The maximum absolute atomic E-state index is 11.9. The van der Waals surface area contributed by atoms with Crippen LogP contribution in [0.1, 0.15) is 5.56 Å². The van der Waals surface area contributed by atoms with Gasteiger partial charge in [-0.1, -0.05) is 18.2 Å². The molecule has 0 aliphatic carbocycles. The van der Waals surface area contributed by atoms with Gasteiger partial charge in [0.15, 0.2) is 11.5 Å². The second-order valence-electron chi connectivity index (χ2n) is 5.31. The van der Waals surface area contributed by atoms with Crippen LogP contribution in [0.3, 0.4) is 0 Å². The molecule has 1 aliphatic rings. The van der Waals surface area contributed by atoms with E-state index in [1.807, 2.05) is 30.3 Å². The van der Waals surface area contributed by atoms with Gasteiger partial charge in [0.1, 0.15) is 0 Å². The molecule has 2 aromatic carbocycles. The predicted octanol–water partition coefficient (Wildman–Crippen LogP) is 3.25. The number of nitro groups is 1. The Kier molecular flexibility index (Phi) is 5.75. The number of carbonyl (C=O) groups excluding carboxylic acids is 1. The number of thioether (sulfide) groups is 1. The normalized spacial score (nSPS) is 12.3. The van der Waals surface area contributed by atoms with Crippen LogP contribution in [-0.4, -0.2) is 29.9 Å². The van der Waals surface area contributed by atoms with Crippen molar-refractivity contribution in [2.45, 2.75) is 4.90 Å². The largest absolute Gasteiger partial charge is 0.454 e. The lowest BCUT2D eigenvalue weighted by atomic mass is 10.1. The first-order valence-electron chi connectivity index (χ1n) is 7.85. The number of nitro benzene ring substituents is 1. The monoisotopic (exact) mass is 372 g/mol. The van der Waals surface area contributed by atoms with Crippen LogP contribution in [0, 0.1) is 10.1 Å². The van der Waals surface area contributed by atoms with E-state index in [2.05, 4.69) is 5.32 Å². The minimum absolute atomic E-state index is 0.0270. The zero-order valence-corrected chi connectivity index (χ0v) is 14.5. The van der Waals surface area contributed by atoms with E-state index in [0.29, 0.717) is 18.0 Å². The molecular formula is C18H16N2O5S. The Bertz CT molecular complexity index is 839. The number of benzene rings is 2. The molecule has 1 N–H and O–H groups in total. The van der Waals surface area contributed by atoms with Crippen LogP contribution in [0.2, 0.25) is 0 Å². The van der Waals surface area contributed by atoms with Gasteiger partial charge >= 0.3 is 0 Å². The standard InChI is InChI=1S/C18H16N2O5S/c21-18(19-8-9-26-14-4-2-1-3-5-14)7-6-13-10-16-17(25-12-24-16)11-15(13)20(22)23/h1-7,10-11H,8-9,12H2,(H,19,21)/b7-6+. The Morgan fingerprint density at radius 3 is 2.69 bits per heavy atom. The summed E-state index contributed by atoms with van der Waals surface area (Å²) in [6, 6.07) is 12.7. The molecular weight excluding hydrogens is 356 g/mol. The van der Waals surface area contributed by atoms with Crippen LogP contribution >= 0.6 is 11.8 Å². The summed E-state index contributed by atoms with van der Waals surface area (Å²) in [5.74, 6) is 1.17. The third-order valence-electron chi connectivity index (χ3n) is 3.55. The highest BCUT2D eigenvalue weighted by atomic mass is 32.2. The second-order valence-corrected chi connectivity index (χ2v) is 6.48. The number of fused-ring (bicyclic) bond motifs is 1. The van der Waals surface area contributed by atoms with Crippen molar-refractivity contribution in [1.29, 1.82) is 0 Å². The Labute approximate surface area is 154 Å². The summed E-state index contributed by atoms with van der Waals surface area (Å²) >= 11 is 1.64. The zero-order valence-electron chi connectivity index (χ0n) is 13.7. The third kappa shape index (κ3) is 4.54. The molecule has 26 heavy (non-hydrogen) atoms. The molecule has 0 unspecified atom stereocenters. The summed E-state index contributed by atoms with van der Waals surface area (Å²) in [5.41, 5.74) is 0.144. The lowest BCUT2D eigenvalue weighted by Gasteiger charge is -2.03. The third-order valence-corrected chi connectivity index (χ3v) is 4.56. The van der Waals surface area contributed by atoms with Gasteiger partial charge in [0.25, 0.3) is 5.69 Å². The average Bonchev–Trinajstić information content (AvgIpc) is 3.11. The number of hydrogen-bond acceptors (Lipinski definition) is 6. The van der Waals surface area contributed by atoms with Crippen molar-refractivity contribution in [2.24, 2.45) is 0 Å². The van der Waals surface area contributed by atoms with Gasteiger partial charge in [-0.2, -0.15) is 0 Å². The molecule has 0 radical (unpaired) electrons. The fourth-order valence-corrected chi connectivity index (χ4v) is 3.11. The molecule has 1 heterocycles. The Morgan fingerprint density at radius 1 is 1.23 bits per heavy atom. The smallest absolute Gasteiger partial charge is 0.280 e. The van der Waals surface area contributed by atoms with Gasteiger partial charge in [0.05, 0.1) is 16.6 Å². The quantitative estimate of drug-likeness (QED) is 0.264. The molecule has 0 bridgehead atoms. The van der Waals surface area contributed by atoms with E-state index in [1.165, 1.54) is 24.3 Å². The lowest BCUT2D eigenvalue weighted by molar-refractivity contribution is -0.385. The maximum Gasteiger partial charge on any atom is 0.280 e. The van der Waals surface area contributed by atoms with Crippen molar-refractivity contribution in [2.75, 3.05) is 19.1 Å². The van der Waals surface area contributed by atoms with Crippen LogP contribution in [0.5, 0.6) is 11.5 Å². The fourth-order valence-electron chi connectivity index (χ4n) is 2.32. The number of carbonyl (C=O) groups is 1. The van der Waals surface area contributed by atoms with Gasteiger partial charge in [-0.3, -0.25) is 14.9 Å². The molecule has 1 aliphatic heterocycles. The molecule has 0 saturated carbocycles. The summed E-state index contributed by atoms with van der Waals surface area (Å²) < 4.78 is 10.4. The van der Waals surface area contributed by atoms with Crippen LogP contribution in [0.15, 0.2) is 53.4 Å². The number of rotatable bonds is 7. The maximum atomic E-state index is 11.9. The molecule has 2 aromatic rings. The first kappa shape index (κ1) is 17.8. The summed E-state index contributed by atoms with van der Waals surface area (Å²) in [7, 11) is 0. The molecule has 0 fully saturated rings. The molecule has 0 saturated heterocycles. The first-order valence-corrected chi connectivity index (χ1v) is 8.84. The molecule has 1 amide bonds. The van der Waals surface area contributed by atoms with Gasteiger partial charge < -0.3 is 14.8 Å². The van der Waals surface area contributed by atoms with Crippen LogP contribution < -0.4 is 14.8 Å². The van der Waals surface area contributed by atoms with E-state index >= 15 is 0 Å². The lowest BCUT2D eigenvalue weighted by Crippen LogP contribution is -2.23. The number of nitrogens with one attached hydrogen (secondary N) is 1. The number of amides is 1. The van der Waals surface area contributed by atoms with Crippen molar-refractivity contribution in [3.05, 3.63) is 64.2 Å². The van der Waals surface area contributed by atoms with Crippen molar-refractivity contribution in [1.82, 2.24) is 5.32 Å². The number of nitrogens with zero attached hydrogens (tertiary/aromatic N) is 1. The zero-order chi connectivity index (χ0) is 18.4. The van der Waals surface area contributed by atoms with Gasteiger partial charge in [0.2, 0.25) is 12.7 Å². The Hall–Kier alpha value is -3.00. The molecule has 7 nitrogen and oxygen atoms in total. The molecule has 3 rings (SSSR count). The first-order chi connectivity index (χ1) is 12.6. The van der Waals surface area contributed by atoms with E-state index in [1.54, 1.807) is 11.8 Å². The number of hydrogen-bond donors (Lipinski definition) is 1. The van der Waals surface area contributed by atoms with Crippen molar-refractivity contribution in [3.8, 4) is 11.5 Å². The van der Waals surface area contributed by atoms with E-state index in [9.17, 15) is 14.9 Å². The van der Waals surface area contributed by atoms with E-state index in [4.69, 9.17) is 9.47 Å². The van der Waals surface area contributed by atoms with Crippen LogP contribution in [0.4, 0.5) is 5.69 Å². The van der Waals surface area contributed by atoms with Crippen molar-refractivity contribution < 1.29 is 19.2 Å². The van der Waals surface area contributed by atoms with Gasteiger partial charge in [-0.15, -0.1) is 11.8 Å². The SMILES string of the molecule is O=C(/C=C/c1cc2c(cc1[N+](=O)[O-])OCO2)NCCSc1ccccc1. The van der Waals surface area contributed by atoms with Crippen molar-refractivity contribution in [3.63, 3.8) is 0 Å². The highest BCUT2D eigenvalue weighted by molar-refractivity contribution is 7.99.